The Hall–Kier alpha value is -2.90. The van der Waals surface area contributed by atoms with Gasteiger partial charge in [-0.15, -0.1) is 0 Å². The van der Waals surface area contributed by atoms with E-state index in [0.29, 0.717) is 11.3 Å². The molecule has 0 aliphatic carbocycles. The number of piperazine rings is 1. The highest BCUT2D eigenvalue weighted by atomic mass is 79.9. The zero-order valence-corrected chi connectivity index (χ0v) is 19.8. The molecule has 1 saturated heterocycles. The van der Waals surface area contributed by atoms with E-state index in [1.54, 1.807) is 16.9 Å². The van der Waals surface area contributed by atoms with Crippen molar-refractivity contribution in [2.75, 3.05) is 36.0 Å². The molecule has 0 atom stereocenters. The zero-order chi connectivity index (χ0) is 22.2. The van der Waals surface area contributed by atoms with E-state index >= 15 is 0 Å². The maximum atomic E-state index is 12.2. The molecule has 162 valence electrons. The van der Waals surface area contributed by atoms with E-state index in [0.717, 1.165) is 58.9 Å². The first-order valence-electron chi connectivity index (χ1n) is 10.4. The van der Waals surface area contributed by atoms with Crippen LogP contribution in [0.15, 0.2) is 59.3 Å². The molecule has 0 amide bonds. The van der Waals surface area contributed by atoms with Gasteiger partial charge in [0.25, 0.3) is 0 Å². The van der Waals surface area contributed by atoms with Crippen molar-refractivity contribution in [3.8, 4) is 11.3 Å². The van der Waals surface area contributed by atoms with Gasteiger partial charge in [-0.05, 0) is 36.8 Å². The number of hydrogen-bond donors (Lipinski definition) is 0. The topological polar surface area (TPSA) is 53.7 Å². The molecule has 8 heteroatoms. The largest absolute Gasteiger partial charge is 0.368 e. The minimum Gasteiger partial charge on any atom is -0.368 e. The molecule has 0 radical (unpaired) electrons. The van der Waals surface area contributed by atoms with E-state index in [4.69, 9.17) is 16.7 Å². The molecule has 0 saturated carbocycles. The summed E-state index contributed by atoms with van der Waals surface area (Å²) >= 11 is 9.69. The van der Waals surface area contributed by atoms with Crippen molar-refractivity contribution in [2.24, 2.45) is 0 Å². The fourth-order valence-corrected chi connectivity index (χ4v) is 4.68. The zero-order valence-electron chi connectivity index (χ0n) is 17.5. The summed E-state index contributed by atoms with van der Waals surface area (Å²) in [6.07, 6.45) is 4.42. The average molecular weight is 511 g/mol. The van der Waals surface area contributed by atoms with Gasteiger partial charge in [-0.2, -0.15) is 5.10 Å². The van der Waals surface area contributed by atoms with Gasteiger partial charge in [0, 0.05) is 59.3 Å². The van der Waals surface area contributed by atoms with Crippen LogP contribution in [0.1, 0.15) is 15.9 Å². The van der Waals surface area contributed by atoms with Crippen molar-refractivity contribution < 1.29 is 4.79 Å². The lowest BCUT2D eigenvalue weighted by Gasteiger charge is -2.37. The van der Waals surface area contributed by atoms with E-state index < -0.39 is 0 Å². The first-order chi connectivity index (χ1) is 15.5. The number of aromatic nitrogens is 3. The highest BCUT2D eigenvalue weighted by molar-refractivity contribution is 9.10. The van der Waals surface area contributed by atoms with Crippen LogP contribution in [0.25, 0.3) is 16.8 Å². The number of aryl methyl sites for hydroxylation is 1. The molecular formula is C24H21BrClN5O. The highest BCUT2D eigenvalue weighted by Crippen LogP contribution is 2.32. The quantitative estimate of drug-likeness (QED) is 0.351. The molecule has 1 aliphatic heterocycles. The fraction of sp³-hybridized carbons (Fsp3) is 0.208. The first-order valence-corrected chi connectivity index (χ1v) is 11.6. The summed E-state index contributed by atoms with van der Waals surface area (Å²) < 4.78 is 2.74. The Morgan fingerprint density at radius 3 is 2.47 bits per heavy atom. The average Bonchev–Trinajstić information content (AvgIpc) is 3.20. The second kappa shape index (κ2) is 8.56. The van der Waals surface area contributed by atoms with Gasteiger partial charge in [-0.1, -0.05) is 45.7 Å². The molecular weight excluding hydrogens is 490 g/mol. The molecule has 0 N–H and O–H groups in total. The lowest BCUT2D eigenvalue weighted by molar-refractivity contribution is 0.112. The van der Waals surface area contributed by atoms with E-state index in [1.807, 2.05) is 36.4 Å². The molecule has 32 heavy (non-hydrogen) atoms. The number of nitrogens with zero attached hydrogens (tertiary/aromatic N) is 5. The molecule has 1 aliphatic rings. The van der Waals surface area contributed by atoms with Crippen molar-refractivity contribution in [3.05, 3.63) is 75.5 Å². The number of benzene rings is 2. The van der Waals surface area contributed by atoms with Gasteiger partial charge in [0.2, 0.25) is 0 Å². The molecule has 4 aromatic rings. The standard InChI is InChI=1S/C24H21BrClN5O/c1-16-2-7-19(26)14-21(16)29-10-12-30(13-11-29)24-23-20(15-32)22(28-31(23)9-8-27-24)17-3-5-18(25)6-4-17/h2-9,14-15H,10-13H2,1H3. The Kier molecular flexibility index (Phi) is 5.61. The summed E-state index contributed by atoms with van der Waals surface area (Å²) in [6.45, 7) is 5.36. The van der Waals surface area contributed by atoms with Crippen molar-refractivity contribution >= 4 is 50.8 Å². The maximum Gasteiger partial charge on any atom is 0.155 e. The number of hydrogen-bond acceptors (Lipinski definition) is 5. The molecule has 2 aromatic carbocycles. The predicted octanol–water partition coefficient (Wildman–Crippen LogP) is 5.26. The van der Waals surface area contributed by atoms with Gasteiger partial charge in [-0.25, -0.2) is 9.50 Å². The molecule has 0 unspecified atom stereocenters. The van der Waals surface area contributed by atoms with Gasteiger partial charge in [0.1, 0.15) is 11.2 Å². The van der Waals surface area contributed by atoms with Crippen LogP contribution in [0, 0.1) is 6.92 Å². The van der Waals surface area contributed by atoms with Gasteiger partial charge in [-0.3, -0.25) is 4.79 Å². The van der Waals surface area contributed by atoms with Crippen molar-refractivity contribution in [1.29, 1.82) is 0 Å². The minimum absolute atomic E-state index is 0.559. The van der Waals surface area contributed by atoms with Crippen LogP contribution < -0.4 is 9.80 Å². The molecule has 6 nitrogen and oxygen atoms in total. The lowest BCUT2D eigenvalue weighted by Crippen LogP contribution is -2.47. The second-order valence-electron chi connectivity index (χ2n) is 7.84. The Morgan fingerprint density at radius 1 is 1.03 bits per heavy atom. The summed E-state index contributed by atoms with van der Waals surface area (Å²) in [5, 5.41) is 5.45. The maximum absolute atomic E-state index is 12.2. The van der Waals surface area contributed by atoms with Gasteiger partial charge < -0.3 is 9.80 Å². The van der Waals surface area contributed by atoms with Gasteiger partial charge in [0.05, 0.1) is 5.56 Å². The van der Waals surface area contributed by atoms with Crippen LogP contribution in [0.5, 0.6) is 0 Å². The van der Waals surface area contributed by atoms with Crippen LogP contribution >= 0.6 is 27.5 Å². The van der Waals surface area contributed by atoms with Crippen LogP contribution in [0.4, 0.5) is 11.5 Å². The first kappa shape index (κ1) is 21.0. The third-order valence-electron chi connectivity index (χ3n) is 5.89. The predicted molar refractivity (Wildman–Crippen MR) is 132 cm³/mol. The van der Waals surface area contributed by atoms with Crippen LogP contribution in [0.3, 0.4) is 0 Å². The molecule has 0 spiro atoms. The molecule has 0 bridgehead atoms. The van der Waals surface area contributed by atoms with Crippen LogP contribution in [0.2, 0.25) is 5.02 Å². The highest BCUT2D eigenvalue weighted by Gasteiger charge is 2.25. The number of carbonyl (C=O) groups excluding carboxylic acids is 1. The number of fused-ring (bicyclic) bond motifs is 1. The SMILES string of the molecule is Cc1ccc(Cl)cc1N1CCN(c2nccn3nc(-c4ccc(Br)cc4)c(C=O)c23)CC1. The van der Waals surface area contributed by atoms with Gasteiger partial charge >= 0.3 is 0 Å². The minimum atomic E-state index is 0.559. The Morgan fingerprint density at radius 2 is 1.75 bits per heavy atom. The number of halogens is 2. The summed E-state index contributed by atoms with van der Waals surface area (Å²) in [7, 11) is 0. The number of carbonyl (C=O) groups is 1. The molecule has 3 heterocycles. The number of anilines is 2. The van der Waals surface area contributed by atoms with Crippen molar-refractivity contribution in [3.63, 3.8) is 0 Å². The summed E-state index contributed by atoms with van der Waals surface area (Å²) in [5.74, 6) is 0.785. The summed E-state index contributed by atoms with van der Waals surface area (Å²) in [4.78, 5) is 21.4. The van der Waals surface area contributed by atoms with E-state index in [2.05, 4.69) is 43.7 Å². The Balaban J connectivity index is 1.48. The summed E-state index contributed by atoms with van der Waals surface area (Å²) in [5.41, 5.74) is 5.23. The summed E-state index contributed by atoms with van der Waals surface area (Å²) in [6, 6.07) is 13.8. The van der Waals surface area contributed by atoms with E-state index in [-0.39, 0.29) is 0 Å². The third kappa shape index (κ3) is 3.76. The molecule has 1 fully saturated rings. The molecule has 5 rings (SSSR count). The molecule has 2 aromatic heterocycles. The number of rotatable bonds is 4. The lowest BCUT2D eigenvalue weighted by atomic mass is 10.1. The van der Waals surface area contributed by atoms with Crippen LogP contribution in [-0.2, 0) is 0 Å². The van der Waals surface area contributed by atoms with E-state index in [1.165, 1.54) is 11.3 Å². The smallest absolute Gasteiger partial charge is 0.155 e. The third-order valence-corrected chi connectivity index (χ3v) is 6.65. The monoisotopic (exact) mass is 509 g/mol. The second-order valence-corrected chi connectivity index (χ2v) is 9.19. The van der Waals surface area contributed by atoms with Crippen molar-refractivity contribution in [1.82, 2.24) is 14.6 Å². The van der Waals surface area contributed by atoms with E-state index in [9.17, 15) is 4.79 Å². The number of aldehydes is 1. The Labute approximate surface area is 199 Å². The Bertz CT molecular complexity index is 1300. The van der Waals surface area contributed by atoms with Crippen LogP contribution in [-0.4, -0.2) is 47.1 Å². The van der Waals surface area contributed by atoms with Crippen molar-refractivity contribution in [2.45, 2.75) is 6.92 Å². The fourth-order valence-electron chi connectivity index (χ4n) is 4.25. The van der Waals surface area contributed by atoms with Gasteiger partial charge in [0.15, 0.2) is 12.1 Å². The normalized spacial score (nSPS) is 14.2.